The van der Waals surface area contributed by atoms with E-state index in [4.69, 9.17) is 4.89 Å². The van der Waals surface area contributed by atoms with Crippen LogP contribution in [0.4, 0.5) is 0 Å². The molecular formula is C5H12NO3P. The molecule has 0 aliphatic heterocycles. The fraction of sp³-hybridized carbons (Fsp3) is 0.600. The van der Waals surface area contributed by atoms with Crippen molar-refractivity contribution in [1.82, 2.24) is 5.48 Å². The van der Waals surface area contributed by atoms with Gasteiger partial charge in [0.05, 0.1) is 6.61 Å². The van der Waals surface area contributed by atoms with E-state index in [0.29, 0.717) is 6.61 Å². The van der Waals surface area contributed by atoms with Crippen molar-refractivity contribution in [3.05, 3.63) is 12.0 Å². The Labute approximate surface area is 60.3 Å². The summed E-state index contributed by atoms with van der Waals surface area (Å²) in [6.45, 7) is 3.58. The SMILES string of the molecule is CCONC=CP(C)(=O)O. The Balaban J connectivity index is 3.47. The van der Waals surface area contributed by atoms with Crippen molar-refractivity contribution in [3.63, 3.8) is 0 Å². The molecule has 4 nitrogen and oxygen atoms in total. The first-order valence-corrected chi connectivity index (χ1v) is 5.09. The predicted octanol–water partition coefficient (Wildman–Crippen LogP) is 0.899. The van der Waals surface area contributed by atoms with Crippen molar-refractivity contribution in [2.75, 3.05) is 13.3 Å². The van der Waals surface area contributed by atoms with E-state index in [-0.39, 0.29) is 0 Å². The number of hydrogen-bond donors (Lipinski definition) is 2. The molecule has 0 rings (SSSR count). The van der Waals surface area contributed by atoms with Crippen molar-refractivity contribution < 1.29 is 14.3 Å². The maximum absolute atomic E-state index is 10.6. The van der Waals surface area contributed by atoms with Crippen molar-refractivity contribution in [1.29, 1.82) is 0 Å². The van der Waals surface area contributed by atoms with Gasteiger partial charge in [0.1, 0.15) is 0 Å². The molecule has 0 spiro atoms. The van der Waals surface area contributed by atoms with Crippen LogP contribution in [0.25, 0.3) is 0 Å². The van der Waals surface area contributed by atoms with Crippen LogP contribution in [0.5, 0.6) is 0 Å². The standard InChI is InChI=1S/C5H12NO3P/c1-3-9-6-4-5-10(2,7)8/h4-6H,3H2,1-2H3,(H,7,8). The Kier molecular flexibility index (Phi) is 4.36. The lowest BCUT2D eigenvalue weighted by molar-refractivity contribution is 0.0826. The summed E-state index contributed by atoms with van der Waals surface area (Å²) in [4.78, 5) is 13.4. The Morgan fingerprint density at radius 1 is 1.80 bits per heavy atom. The summed E-state index contributed by atoms with van der Waals surface area (Å²) in [7, 11) is -3.03. The van der Waals surface area contributed by atoms with Crippen molar-refractivity contribution in [3.8, 4) is 0 Å². The molecule has 0 bridgehead atoms. The minimum absolute atomic E-state index is 0.518. The van der Waals surface area contributed by atoms with Crippen LogP contribution in [0.2, 0.25) is 0 Å². The highest BCUT2D eigenvalue weighted by atomic mass is 31.2. The van der Waals surface area contributed by atoms with Crippen LogP contribution in [0.3, 0.4) is 0 Å². The first kappa shape index (κ1) is 9.69. The second-order valence-corrected chi connectivity index (χ2v) is 3.99. The molecule has 2 N–H and O–H groups in total. The van der Waals surface area contributed by atoms with E-state index in [0.717, 1.165) is 0 Å². The van der Waals surface area contributed by atoms with Crippen molar-refractivity contribution in [2.45, 2.75) is 6.92 Å². The molecular weight excluding hydrogens is 153 g/mol. The minimum Gasteiger partial charge on any atom is -0.342 e. The lowest BCUT2D eigenvalue weighted by Crippen LogP contribution is -2.04. The van der Waals surface area contributed by atoms with E-state index >= 15 is 0 Å². The number of hydroxylamine groups is 1. The summed E-state index contributed by atoms with van der Waals surface area (Å²) in [6.07, 6.45) is 1.31. The van der Waals surface area contributed by atoms with Gasteiger partial charge in [-0.25, -0.2) is 0 Å². The predicted molar refractivity (Wildman–Crippen MR) is 39.7 cm³/mol. The third-order valence-corrected chi connectivity index (χ3v) is 1.35. The molecule has 0 aromatic carbocycles. The smallest absolute Gasteiger partial charge is 0.221 e. The molecule has 0 saturated heterocycles. The van der Waals surface area contributed by atoms with Gasteiger partial charge in [-0.3, -0.25) is 14.9 Å². The Morgan fingerprint density at radius 3 is 2.80 bits per heavy atom. The van der Waals surface area contributed by atoms with Gasteiger partial charge in [0, 0.05) is 18.7 Å². The van der Waals surface area contributed by atoms with Crippen LogP contribution < -0.4 is 5.48 Å². The molecule has 0 aliphatic carbocycles. The van der Waals surface area contributed by atoms with E-state index in [2.05, 4.69) is 10.3 Å². The van der Waals surface area contributed by atoms with Gasteiger partial charge in [-0.1, -0.05) is 0 Å². The molecule has 60 valence electrons. The molecule has 0 aromatic rings. The van der Waals surface area contributed by atoms with Gasteiger partial charge in [-0.15, -0.1) is 0 Å². The molecule has 0 radical (unpaired) electrons. The minimum atomic E-state index is -3.03. The fourth-order valence-corrected chi connectivity index (χ4v) is 0.638. The fourth-order valence-electron chi connectivity index (χ4n) is 0.300. The molecule has 1 unspecified atom stereocenters. The highest BCUT2D eigenvalue weighted by molar-refractivity contribution is 7.60. The number of nitrogens with one attached hydrogen (secondary N) is 1. The van der Waals surface area contributed by atoms with Gasteiger partial charge >= 0.3 is 0 Å². The third kappa shape index (κ3) is 7.69. The van der Waals surface area contributed by atoms with Crippen LogP contribution in [0, 0.1) is 0 Å². The van der Waals surface area contributed by atoms with Crippen molar-refractivity contribution in [2.24, 2.45) is 0 Å². The molecule has 0 saturated carbocycles. The highest BCUT2D eigenvalue weighted by Crippen LogP contribution is 2.36. The molecule has 10 heavy (non-hydrogen) atoms. The maximum atomic E-state index is 10.6. The Hall–Kier alpha value is -0.310. The summed E-state index contributed by atoms with van der Waals surface area (Å²) in [5.74, 6) is 1.17. The third-order valence-electron chi connectivity index (χ3n) is 0.647. The van der Waals surface area contributed by atoms with Crippen LogP contribution in [-0.2, 0) is 9.40 Å². The van der Waals surface area contributed by atoms with E-state index in [1.807, 2.05) is 6.92 Å². The maximum Gasteiger partial charge on any atom is 0.221 e. The quantitative estimate of drug-likeness (QED) is 0.369. The van der Waals surface area contributed by atoms with Gasteiger partial charge in [0.2, 0.25) is 7.37 Å². The summed E-state index contributed by atoms with van der Waals surface area (Å²) in [5.41, 5.74) is 2.38. The molecule has 0 aliphatic rings. The normalized spacial score (nSPS) is 17.1. The summed E-state index contributed by atoms with van der Waals surface area (Å²) < 4.78 is 10.6. The average molecular weight is 165 g/mol. The van der Waals surface area contributed by atoms with Gasteiger partial charge in [-0.05, 0) is 6.92 Å². The zero-order chi connectivity index (χ0) is 8.04. The number of rotatable bonds is 4. The van der Waals surface area contributed by atoms with Crippen molar-refractivity contribution >= 4 is 7.37 Å². The van der Waals surface area contributed by atoms with Gasteiger partial charge in [0.25, 0.3) is 0 Å². The average Bonchev–Trinajstić information content (AvgIpc) is 1.78. The van der Waals surface area contributed by atoms with Crippen LogP contribution in [0.15, 0.2) is 12.0 Å². The van der Waals surface area contributed by atoms with Crippen LogP contribution in [-0.4, -0.2) is 18.2 Å². The van der Waals surface area contributed by atoms with E-state index < -0.39 is 7.37 Å². The second-order valence-electron chi connectivity index (χ2n) is 1.81. The first-order valence-electron chi connectivity index (χ1n) is 2.91. The van der Waals surface area contributed by atoms with E-state index in [1.54, 1.807) is 0 Å². The second kappa shape index (κ2) is 4.50. The molecule has 0 heterocycles. The topological polar surface area (TPSA) is 58.6 Å². The molecule has 0 aromatic heterocycles. The zero-order valence-electron chi connectivity index (χ0n) is 6.07. The molecule has 0 amide bonds. The van der Waals surface area contributed by atoms with E-state index in [9.17, 15) is 4.57 Å². The van der Waals surface area contributed by atoms with Crippen LogP contribution >= 0.6 is 7.37 Å². The summed E-state index contributed by atoms with van der Waals surface area (Å²) >= 11 is 0. The highest BCUT2D eigenvalue weighted by Gasteiger charge is 2.00. The lowest BCUT2D eigenvalue weighted by atomic mass is 10.9. The van der Waals surface area contributed by atoms with Crippen LogP contribution in [0.1, 0.15) is 6.92 Å². The monoisotopic (exact) mass is 165 g/mol. The lowest BCUT2D eigenvalue weighted by Gasteiger charge is -1.98. The molecule has 0 fully saturated rings. The van der Waals surface area contributed by atoms with Gasteiger partial charge < -0.3 is 4.89 Å². The van der Waals surface area contributed by atoms with Gasteiger partial charge in [0.15, 0.2) is 0 Å². The first-order chi connectivity index (χ1) is 4.56. The Bertz CT molecular complexity index is 151. The largest absolute Gasteiger partial charge is 0.342 e. The Morgan fingerprint density at radius 2 is 2.40 bits per heavy atom. The molecule has 1 atom stereocenters. The summed E-state index contributed by atoms with van der Waals surface area (Å²) in [5, 5.41) is 0. The van der Waals surface area contributed by atoms with Gasteiger partial charge in [-0.2, -0.15) is 0 Å². The zero-order valence-corrected chi connectivity index (χ0v) is 6.97. The van der Waals surface area contributed by atoms with E-state index in [1.165, 1.54) is 18.7 Å². The molecule has 5 heteroatoms. The summed E-state index contributed by atoms with van der Waals surface area (Å²) in [6, 6.07) is 0. The number of hydrogen-bond acceptors (Lipinski definition) is 3.